The monoisotopic (exact) mass is 345 g/mol. The number of nitrogens with zero attached hydrogens (tertiary/aromatic N) is 1. The van der Waals surface area contributed by atoms with Gasteiger partial charge in [0.25, 0.3) is 0 Å². The van der Waals surface area contributed by atoms with E-state index in [1.54, 1.807) is 17.2 Å². The molecule has 0 heterocycles. The van der Waals surface area contributed by atoms with Crippen molar-refractivity contribution < 1.29 is 9.63 Å². The van der Waals surface area contributed by atoms with Crippen LogP contribution in [-0.4, -0.2) is 24.1 Å². The van der Waals surface area contributed by atoms with E-state index in [-0.39, 0.29) is 5.97 Å². The molecule has 0 fully saturated rings. The molecule has 0 amide bonds. The standard InChI is InChI=1S/C23H23NO2/c25-23(22-14-8-3-9-15-22)26-24(18-16-20-10-4-1-5-11-20)19-17-21-12-6-2-7-13-21/h1-15H,16-19H2. The number of hydrogen-bond acceptors (Lipinski definition) is 3. The third-order valence-electron chi connectivity index (χ3n) is 4.21. The Morgan fingerprint density at radius 1 is 0.654 bits per heavy atom. The van der Waals surface area contributed by atoms with Crippen molar-refractivity contribution in [3.05, 3.63) is 108 Å². The first-order valence-electron chi connectivity index (χ1n) is 8.91. The maximum atomic E-state index is 12.4. The van der Waals surface area contributed by atoms with Crippen LogP contribution in [-0.2, 0) is 17.7 Å². The first-order valence-corrected chi connectivity index (χ1v) is 8.91. The van der Waals surface area contributed by atoms with E-state index >= 15 is 0 Å². The molecule has 3 aromatic carbocycles. The largest absolute Gasteiger partial charge is 0.364 e. The van der Waals surface area contributed by atoms with Gasteiger partial charge in [-0.05, 0) is 36.1 Å². The van der Waals surface area contributed by atoms with Gasteiger partial charge in [-0.1, -0.05) is 78.9 Å². The van der Waals surface area contributed by atoms with E-state index in [1.807, 2.05) is 54.6 Å². The Balaban J connectivity index is 1.63. The quantitative estimate of drug-likeness (QED) is 0.561. The minimum absolute atomic E-state index is 0.313. The molecule has 0 aromatic heterocycles. The maximum absolute atomic E-state index is 12.4. The van der Waals surface area contributed by atoms with E-state index in [2.05, 4.69) is 24.3 Å². The fourth-order valence-electron chi connectivity index (χ4n) is 2.74. The zero-order valence-corrected chi connectivity index (χ0v) is 14.8. The highest BCUT2D eigenvalue weighted by atomic mass is 16.7. The van der Waals surface area contributed by atoms with Gasteiger partial charge in [0.05, 0.1) is 5.56 Å². The molecule has 0 aliphatic heterocycles. The summed E-state index contributed by atoms with van der Waals surface area (Å²) >= 11 is 0. The molecule has 0 aliphatic rings. The van der Waals surface area contributed by atoms with Crippen LogP contribution in [0.4, 0.5) is 0 Å². The lowest BCUT2D eigenvalue weighted by Crippen LogP contribution is -2.31. The molecule has 0 aliphatic carbocycles. The van der Waals surface area contributed by atoms with Gasteiger partial charge in [-0.25, -0.2) is 4.79 Å². The predicted octanol–water partition coefficient (Wildman–Crippen LogP) is 4.55. The van der Waals surface area contributed by atoms with Crippen LogP contribution >= 0.6 is 0 Å². The van der Waals surface area contributed by atoms with Gasteiger partial charge in [-0.3, -0.25) is 0 Å². The van der Waals surface area contributed by atoms with Crippen LogP contribution in [0.25, 0.3) is 0 Å². The highest BCUT2D eigenvalue weighted by molar-refractivity contribution is 5.89. The van der Waals surface area contributed by atoms with Crippen molar-refractivity contribution in [1.29, 1.82) is 0 Å². The van der Waals surface area contributed by atoms with Gasteiger partial charge in [0.15, 0.2) is 0 Å². The van der Waals surface area contributed by atoms with Crippen LogP contribution in [0.2, 0.25) is 0 Å². The molecule has 0 bridgehead atoms. The van der Waals surface area contributed by atoms with Crippen molar-refractivity contribution in [1.82, 2.24) is 5.06 Å². The minimum Gasteiger partial charge on any atom is -0.364 e. The lowest BCUT2D eigenvalue weighted by molar-refractivity contribution is -0.108. The van der Waals surface area contributed by atoms with E-state index in [0.29, 0.717) is 18.7 Å². The third-order valence-corrected chi connectivity index (χ3v) is 4.21. The van der Waals surface area contributed by atoms with Gasteiger partial charge in [-0.15, -0.1) is 5.06 Å². The Bertz CT molecular complexity index is 745. The number of hydrogen-bond donors (Lipinski definition) is 0. The van der Waals surface area contributed by atoms with Crippen molar-refractivity contribution in [3.63, 3.8) is 0 Å². The second kappa shape index (κ2) is 9.54. The van der Waals surface area contributed by atoms with E-state index in [9.17, 15) is 4.79 Å². The summed E-state index contributed by atoms with van der Waals surface area (Å²) in [5.41, 5.74) is 3.03. The molecule has 0 saturated carbocycles. The third kappa shape index (κ3) is 5.57. The molecule has 3 nitrogen and oxygen atoms in total. The fourth-order valence-corrected chi connectivity index (χ4v) is 2.74. The van der Waals surface area contributed by atoms with Gasteiger partial charge in [0, 0.05) is 13.1 Å². The topological polar surface area (TPSA) is 29.5 Å². The smallest absolute Gasteiger partial charge is 0.357 e. The van der Waals surface area contributed by atoms with Crippen LogP contribution in [0, 0.1) is 0 Å². The van der Waals surface area contributed by atoms with Gasteiger partial charge >= 0.3 is 5.97 Å². The molecule has 0 radical (unpaired) electrons. The predicted molar refractivity (Wildman–Crippen MR) is 104 cm³/mol. The molecule has 3 aromatic rings. The molecule has 132 valence electrons. The maximum Gasteiger partial charge on any atom is 0.357 e. The van der Waals surface area contributed by atoms with E-state index in [4.69, 9.17) is 4.84 Å². The Morgan fingerprint density at radius 3 is 1.54 bits per heavy atom. The van der Waals surface area contributed by atoms with Crippen molar-refractivity contribution in [2.24, 2.45) is 0 Å². The number of rotatable bonds is 8. The average Bonchev–Trinajstić information content (AvgIpc) is 2.72. The zero-order valence-electron chi connectivity index (χ0n) is 14.8. The van der Waals surface area contributed by atoms with Crippen molar-refractivity contribution >= 4 is 5.97 Å². The van der Waals surface area contributed by atoms with Gasteiger partial charge in [0.1, 0.15) is 0 Å². The van der Waals surface area contributed by atoms with Gasteiger partial charge < -0.3 is 4.84 Å². The summed E-state index contributed by atoms with van der Waals surface area (Å²) in [4.78, 5) is 18.1. The molecular weight excluding hydrogens is 322 g/mol. The molecular formula is C23H23NO2. The number of benzene rings is 3. The molecule has 26 heavy (non-hydrogen) atoms. The fraction of sp³-hybridized carbons (Fsp3) is 0.174. The Hall–Kier alpha value is -2.91. The van der Waals surface area contributed by atoms with E-state index in [0.717, 1.165) is 12.8 Å². The second-order valence-electron chi connectivity index (χ2n) is 6.14. The molecule has 0 unspecified atom stereocenters. The Morgan fingerprint density at radius 2 is 1.08 bits per heavy atom. The SMILES string of the molecule is O=C(ON(CCc1ccccc1)CCc1ccccc1)c1ccccc1. The van der Waals surface area contributed by atoms with Crippen molar-refractivity contribution in [2.45, 2.75) is 12.8 Å². The summed E-state index contributed by atoms with van der Waals surface area (Å²) < 4.78 is 0. The van der Waals surface area contributed by atoms with Crippen LogP contribution in [0.15, 0.2) is 91.0 Å². The Labute approximate surface area is 154 Å². The lowest BCUT2D eigenvalue weighted by atomic mass is 10.1. The van der Waals surface area contributed by atoms with Gasteiger partial charge in [-0.2, -0.15) is 0 Å². The van der Waals surface area contributed by atoms with Crippen LogP contribution in [0.3, 0.4) is 0 Å². The van der Waals surface area contributed by atoms with Crippen LogP contribution < -0.4 is 0 Å². The highest BCUT2D eigenvalue weighted by Gasteiger charge is 2.14. The number of carbonyl (C=O) groups is 1. The number of carbonyl (C=O) groups excluding carboxylic acids is 1. The molecule has 0 spiro atoms. The highest BCUT2D eigenvalue weighted by Crippen LogP contribution is 2.08. The first kappa shape index (κ1) is 17.9. The second-order valence-corrected chi connectivity index (χ2v) is 6.14. The summed E-state index contributed by atoms with van der Waals surface area (Å²) in [5, 5.41) is 1.77. The molecule has 3 heteroatoms. The van der Waals surface area contributed by atoms with Crippen LogP contribution in [0.5, 0.6) is 0 Å². The summed E-state index contributed by atoms with van der Waals surface area (Å²) in [6.45, 7) is 1.32. The molecule has 0 N–H and O–H groups in total. The molecule has 0 saturated heterocycles. The van der Waals surface area contributed by atoms with Crippen LogP contribution in [0.1, 0.15) is 21.5 Å². The molecule has 0 atom stereocenters. The summed E-state index contributed by atoms with van der Waals surface area (Å²) in [5.74, 6) is -0.313. The normalized spacial score (nSPS) is 10.7. The minimum atomic E-state index is -0.313. The molecule has 3 rings (SSSR count). The van der Waals surface area contributed by atoms with E-state index in [1.165, 1.54) is 11.1 Å². The van der Waals surface area contributed by atoms with Gasteiger partial charge in [0.2, 0.25) is 0 Å². The summed E-state index contributed by atoms with van der Waals surface area (Å²) in [7, 11) is 0. The first-order chi connectivity index (χ1) is 12.8. The lowest BCUT2D eigenvalue weighted by Gasteiger charge is -2.21. The van der Waals surface area contributed by atoms with Crippen molar-refractivity contribution in [3.8, 4) is 0 Å². The van der Waals surface area contributed by atoms with Crippen molar-refractivity contribution in [2.75, 3.05) is 13.1 Å². The average molecular weight is 345 g/mol. The van der Waals surface area contributed by atoms with E-state index < -0.39 is 0 Å². The summed E-state index contributed by atoms with van der Waals surface area (Å²) in [6.07, 6.45) is 1.66. The Kier molecular flexibility index (Phi) is 6.57. The number of hydroxylamine groups is 2. The zero-order chi connectivity index (χ0) is 18.0. The summed E-state index contributed by atoms with van der Waals surface area (Å²) in [6, 6.07) is 29.6.